The summed E-state index contributed by atoms with van der Waals surface area (Å²) in [5, 5.41) is 0. The first-order chi connectivity index (χ1) is 16.3. The molecule has 0 aromatic heterocycles. The maximum Gasteiger partial charge on any atom is 0.158 e. The first-order valence-corrected chi connectivity index (χ1v) is 15.3. The predicted octanol–water partition coefficient (Wildman–Crippen LogP) is 8.94. The van der Waals surface area contributed by atoms with Gasteiger partial charge >= 0.3 is 0 Å². The maximum atomic E-state index is 6.44. The fourth-order valence-corrected chi connectivity index (χ4v) is 9.84. The molecule has 9 atom stereocenters. The molecule has 5 aliphatic rings. The van der Waals surface area contributed by atoms with Crippen molar-refractivity contribution in [3.8, 4) is 0 Å². The van der Waals surface area contributed by atoms with Crippen molar-refractivity contribution in [2.24, 2.45) is 46.3 Å². The Labute approximate surface area is 211 Å². The first-order valence-electron chi connectivity index (χ1n) is 15.3. The summed E-state index contributed by atoms with van der Waals surface area (Å²) >= 11 is 0. The van der Waals surface area contributed by atoms with Gasteiger partial charge in [0.25, 0.3) is 0 Å². The van der Waals surface area contributed by atoms with Crippen LogP contribution >= 0.6 is 0 Å². The van der Waals surface area contributed by atoms with Crippen LogP contribution < -0.4 is 0 Å². The van der Waals surface area contributed by atoms with E-state index in [1.807, 2.05) is 0 Å². The highest BCUT2D eigenvalue weighted by atomic mass is 16.7. The molecule has 1 aliphatic heterocycles. The Morgan fingerprint density at radius 2 is 1.79 bits per heavy atom. The zero-order valence-electron chi connectivity index (χ0n) is 23.1. The van der Waals surface area contributed by atoms with Gasteiger partial charge in [-0.1, -0.05) is 65.5 Å². The van der Waals surface area contributed by atoms with Gasteiger partial charge in [-0.05, 0) is 117 Å². The molecular formula is C32H54O2. The van der Waals surface area contributed by atoms with Crippen LogP contribution in [0, 0.1) is 46.3 Å². The number of ether oxygens (including phenoxy) is 2. The summed E-state index contributed by atoms with van der Waals surface area (Å²) in [5.41, 5.74) is 2.79. The summed E-state index contributed by atoms with van der Waals surface area (Å²) in [7, 11) is 0. The number of hydrogen-bond donors (Lipinski definition) is 0. The Balaban J connectivity index is 1.25. The van der Waals surface area contributed by atoms with Crippen LogP contribution in [-0.4, -0.2) is 19.0 Å². The van der Waals surface area contributed by atoms with Crippen molar-refractivity contribution in [3.05, 3.63) is 11.6 Å². The molecular weight excluding hydrogens is 416 g/mol. The molecule has 0 aromatic rings. The molecule has 0 amide bonds. The van der Waals surface area contributed by atoms with Crippen LogP contribution in [0.5, 0.6) is 0 Å². The standard InChI is InChI=1S/C32H54O2/c1-22(2)9-8-10-23(3)27-14-15-28-26-13-12-24-21-25(34-30-11-6-7-20-33-30)16-18-31(24,4)29(26)17-19-32(27,28)5/h21-23,25-30H,6-20H2,1-5H3/t23-,25+,26+,27-,28+,29+,30?,31+,32-/m1/s1. The van der Waals surface area contributed by atoms with E-state index in [1.165, 1.54) is 83.5 Å². The Morgan fingerprint density at radius 1 is 0.941 bits per heavy atom. The molecule has 0 bridgehead atoms. The molecule has 34 heavy (non-hydrogen) atoms. The molecule has 0 aromatic carbocycles. The SMILES string of the molecule is CC(C)CCC[C@@H](C)[C@H]1CC[C@H]2[C@@H]3CCC4=C[C@@H](OC5CCCCO5)CC[C@]4(C)[C@H]3CC[C@]12C. The molecule has 2 nitrogen and oxygen atoms in total. The second-order valence-corrected chi connectivity index (χ2v) is 14.1. The van der Waals surface area contributed by atoms with Gasteiger partial charge in [0.2, 0.25) is 0 Å². The Morgan fingerprint density at radius 3 is 2.56 bits per heavy atom. The normalized spacial score (nSPS) is 45.3. The van der Waals surface area contributed by atoms with Crippen molar-refractivity contribution in [2.45, 2.75) is 137 Å². The van der Waals surface area contributed by atoms with Gasteiger partial charge in [0.1, 0.15) is 0 Å². The van der Waals surface area contributed by atoms with Crippen LogP contribution in [0.3, 0.4) is 0 Å². The minimum atomic E-state index is 0.0460. The lowest BCUT2D eigenvalue weighted by Crippen LogP contribution is -2.51. The van der Waals surface area contributed by atoms with Gasteiger partial charge in [0, 0.05) is 6.61 Å². The van der Waals surface area contributed by atoms with Crippen molar-refractivity contribution >= 4 is 0 Å². The largest absolute Gasteiger partial charge is 0.353 e. The zero-order valence-corrected chi connectivity index (χ0v) is 23.1. The highest BCUT2D eigenvalue weighted by Gasteiger charge is 2.59. The van der Waals surface area contributed by atoms with Crippen LogP contribution in [0.4, 0.5) is 0 Å². The minimum Gasteiger partial charge on any atom is -0.353 e. The van der Waals surface area contributed by atoms with E-state index in [4.69, 9.17) is 9.47 Å². The fourth-order valence-electron chi connectivity index (χ4n) is 9.84. The monoisotopic (exact) mass is 470 g/mol. The highest BCUT2D eigenvalue weighted by Crippen LogP contribution is 2.67. The number of rotatable bonds is 7. The molecule has 1 saturated heterocycles. The van der Waals surface area contributed by atoms with E-state index in [-0.39, 0.29) is 6.29 Å². The summed E-state index contributed by atoms with van der Waals surface area (Å²) in [6.45, 7) is 13.6. The Bertz CT molecular complexity index is 721. The van der Waals surface area contributed by atoms with Crippen molar-refractivity contribution in [1.29, 1.82) is 0 Å². The van der Waals surface area contributed by atoms with Crippen LogP contribution in [0.25, 0.3) is 0 Å². The molecule has 5 rings (SSSR count). The molecule has 3 saturated carbocycles. The van der Waals surface area contributed by atoms with E-state index in [0.29, 0.717) is 16.9 Å². The van der Waals surface area contributed by atoms with Crippen LogP contribution in [-0.2, 0) is 9.47 Å². The van der Waals surface area contributed by atoms with Gasteiger partial charge in [-0.25, -0.2) is 0 Å². The third kappa shape index (κ3) is 4.69. The zero-order chi connectivity index (χ0) is 23.9. The average molecular weight is 471 g/mol. The quantitative estimate of drug-likeness (QED) is 0.346. The van der Waals surface area contributed by atoms with E-state index < -0.39 is 0 Å². The molecule has 194 valence electrons. The second kappa shape index (κ2) is 10.2. The third-order valence-electron chi connectivity index (χ3n) is 11.7. The van der Waals surface area contributed by atoms with Crippen LogP contribution in [0.2, 0.25) is 0 Å². The lowest BCUT2D eigenvalue weighted by Gasteiger charge is -2.59. The molecule has 4 fully saturated rings. The lowest BCUT2D eigenvalue weighted by atomic mass is 9.46. The molecule has 1 unspecified atom stereocenters. The summed E-state index contributed by atoms with van der Waals surface area (Å²) in [5.74, 6) is 5.59. The molecule has 4 aliphatic carbocycles. The third-order valence-corrected chi connectivity index (χ3v) is 11.7. The highest BCUT2D eigenvalue weighted by molar-refractivity contribution is 5.25. The predicted molar refractivity (Wildman–Crippen MR) is 142 cm³/mol. The average Bonchev–Trinajstić information content (AvgIpc) is 3.17. The topological polar surface area (TPSA) is 18.5 Å². The number of allylic oxidation sites excluding steroid dienone is 1. The summed E-state index contributed by atoms with van der Waals surface area (Å²) in [4.78, 5) is 0. The summed E-state index contributed by atoms with van der Waals surface area (Å²) in [6, 6.07) is 0. The first kappa shape index (κ1) is 25.3. The molecule has 0 radical (unpaired) electrons. The second-order valence-electron chi connectivity index (χ2n) is 14.1. The van der Waals surface area contributed by atoms with Crippen molar-refractivity contribution in [2.75, 3.05) is 6.61 Å². The minimum absolute atomic E-state index is 0.0460. The summed E-state index contributed by atoms with van der Waals surface area (Å²) in [6.07, 6.45) is 22.0. The van der Waals surface area contributed by atoms with Gasteiger partial charge in [-0.2, -0.15) is 0 Å². The van der Waals surface area contributed by atoms with Gasteiger partial charge in [0.05, 0.1) is 6.10 Å². The van der Waals surface area contributed by atoms with E-state index >= 15 is 0 Å². The van der Waals surface area contributed by atoms with Crippen molar-refractivity contribution in [3.63, 3.8) is 0 Å². The van der Waals surface area contributed by atoms with E-state index in [1.54, 1.807) is 5.57 Å². The van der Waals surface area contributed by atoms with Gasteiger partial charge in [-0.3, -0.25) is 0 Å². The lowest BCUT2D eigenvalue weighted by molar-refractivity contribution is -0.183. The Hall–Kier alpha value is -0.340. The van der Waals surface area contributed by atoms with Gasteiger partial charge in [0.15, 0.2) is 6.29 Å². The fraction of sp³-hybridized carbons (Fsp3) is 0.938. The van der Waals surface area contributed by atoms with Crippen LogP contribution in [0.15, 0.2) is 11.6 Å². The van der Waals surface area contributed by atoms with Crippen molar-refractivity contribution < 1.29 is 9.47 Å². The van der Waals surface area contributed by atoms with Crippen molar-refractivity contribution in [1.82, 2.24) is 0 Å². The van der Waals surface area contributed by atoms with Gasteiger partial charge in [-0.15, -0.1) is 0 Å². The Kier molecular flexibility index (Phi) is 7.59. The number of fused-ring (bicyclic) bond motifs is 5. The molecule has 1 heterocycles. The van der Waals surface area contributed by atoms with Crippen LogP contribution in [0.1, 0.15) is 125 Å². The van der Waals surface area contributed by atoms with E-state index in [2.05, 4.69) is 40.7 Å². The van der Waals surface area contributed by atoms with E-state index in [9.17, 15) is 0 Å². The summed E-state index contributed by atoms with van der Waals surface area (Å²) < 4.78 is 12.3. The van der Waals surface area contributed by atoms with Gasteiger partial charge < -0.3 is 9.47 Å². The molecule has 0 N–H and O–H groups in total. The smallest absolute Gasteiger partial charge is 0.158 e. The van der Waals surface area contributed by atoms with E-state index in [0.717, 1.165) is 48.5 Å². The molecule has 2 heteroatoms. The molecule has 0 spiro atoms. The number of hydrogen-bond acceptors (Lipinski definition) is 2. The maximum absolute atomic E-state index is 6.44.